The van der Waals surface area contributed by atoms with Gasteiger partial charge in [-0.15, -0.1) is 0 Å². The van der Waals surface area contributed by atoms with Gasteiger partial charge in [-0.25, -0.2) is 4.68 Å². The number of hydrogen-bond donors (Lipinski definition) is 1. The summed E-state index contributed by atoms with van der Waals surface area (Å²) in [6.07, 6.45) is 5.14. The second-order valence-corrected chi connectivity index (χ2v) is 5.76. The molecule has 2 rings (SSSR count). The molecular weight excluding hydrogens is 238 g/mol. The van der Waals surface area contributed by atoms with Crippen molar-refractivity contribution < 1.29 is 0 Å². The van der Waals surface area contributed by atoms with Crippen LogP contribution in [0.5, 0.6) is 0 Å². The highest BCUT2D eigenvalue weighted by Crippen LogP contribution is 2.39. The van der Waals surface area contributed by atoms with E-state index >= 15 is 0 Å². The summed E-state index contributed by atoms with van der Waals surface area (Å²) >= 11 is 6.03. The van der Waals surface area contributed by atoms with E-state index < -0.39 is 0 Å². The van der Waals surface area contributed by atoms with Crippen LogP contribution in [0.3, 0.4) is 0 Å². The standard InChI is InChI=1S/C12H18ClN3O/c1-12(2)6-4-5-9(12)15-8-7-14-16(3)11(17)10(8)13/h7,9,15H,4-6H2,1-3H3. The first-order valence-corrected chi connectivity index (χ1v) is 6.28. The Morgan fingerprint density at radius 2 is 2.29 bits per heavy atom. The first kappa shape index (κ1) is 12.4. The molecule has 1 saturated carbocycles. The number of rotatable bonds is 2. The quantitative estimate of drug-likeness (QED) is 0.883. The van der Waals surface area contributed by atoms with E-state index in [9.17, 15) is 4.79 Å². The fourth-order valence-electron chi connectivity index (χ4n) is 2.39. The van der Waals surface area contributed by atoms with E-state index in [0.717, 1.165) is 6.42 Å². The van der Waals surface area contributed by atoms with Gasteiger partial charge in [0, 0.05) is 13.1 Å². The summed E-state index contributed by atoms with van der Waals surface area (Å²) in [6.45, 7) is 4.47. The van der Waals surface area contributed by atoms with Gasteiger partial charge in [0.05, 0.1) is 11.9 Å². The Labute approximate surface area is 106 Å². The molecule has 1 N–H and O–H groups in total. The Bertz CT molecular complexity index is 481. The molecule has 4 nitrogen and oxygen atoms in total. The molecule has 1 unspecified atom stereocenters. The second kappa shape index (κ2) is 4.33. The molecule has 17 heavy (non-hydrogen) atoms. The number of nitrogens with one attached hydrogen (secondary N) is 1. The van der Waals surface area contributed by atoms with E-state index in [1.54, 1.807) is 13.2 Å². The largest absolute Gasteiger partial charge is 0.379 e. The summed E-state index contributed by atoms with van der Waals surface area (Å²) in [4.78, 5) is 11.7. The monoisotopic (exact) mass is 255 g/mol. The third-order valence-electron chi connectivity index (χ3n) is 3.67. The van der Waals surface area contributed by atoms with Gasteiger partial charge in [0.25, 0.3) is 5.56 Å². The highest BCUT2D eigenvalue weighted by Gasteiger charge is 2.34. The molecule has 1 fully saturated rings. The van der Waals surface area contributed by atoms with Crippen LogP contribution >= 0.6 is 11.6 Å². The van der Waals surface area contributed by atoms with Gasteiger partial charge < -0.3 is 5.32 Å². The summed E-state index contributed by atoms with van der Waals surface area (Å²) in [7, 11) is 1.59. The lowest BCUT2D eigenvalue weighted by molar-refractivity contribution is 0.350. The van der Waals surface area contributed by atoms with Crippen molar-refractivity contribution in [1.82, 2.24) is 9.78 Å². The van der Waals surface area contributed by atoms with E-state index in [1.807, 2.05) is 0 Å². The molecular formula is C12H18ClN3O. The molecule has 1 aromatic rings. The summed E-state index contributed by atoms with van der Waals surface area (Å²) < 4.78 is 1.24. The molecule has 94 valence electrons. The van der Waals surface area contributed by atoms with E-state index in [4.69, 9.17) is 11.6 Å². The van der Waals surface area contributed by atoms with Crippen LogP contribution in [0.4, 0.5) is 5.69 Å². The number of halogens is 1. The highest BCUT2D eigenvalue weighted by molar-refractivity contribution is 6.32. The Kier molecular flexibility index (Phi) is 3.17. The predicted molar refractivity (Wildman–Crippen MR) is 69.5 cm³/mol. The topological polar surface area (TPSA) is 46.9 Å². The van der Waals surface area contributed by atoms with Gasteiger partial charge in [0.15, 0.2) is 0 Å². The van der Waals surface area contributed by atoms with Gasteiger partial charge in [0.1, 0.15) is 5.02 Å². The minimum absolute atomic E-state index is 0.227. The SMILES string of the molecule is Cn1ncc(NC2CCCC2(C)C)c(Cl)c1=O. The zero-order chi connectivity index (χ0) is 12.6. The van der Waals surface area contributed by atoms with Crippen molar-refractivity contribution in [3.8, 4) is 0 Å². The molecule has 0 aliphatic heterocycles. The van der Waals surface area contributed by atoms with Gasteiger partial charge in [-0.3, -0.25) is 4.79 Å². The smallest absolute Gasteiger partial charge is 0.287 e. The first-order chi connectivity index (χ1) is 7.92. The fraction of sp³-hybridized carbons (Fsp3) is 0.667. The number of aromatic nitrogens is 2. The maximum absolute atomic E-state index is 11.7. The Morgan fingerprint density at radius 3 is 2.88 bits per heavy atom. The zero-order valence-corrected chi connectivity index (χ0v) is 11.2. The van der Waals surface area contributed by atoms with E-state index in [0.29, 0.717) is 11.7 Å². The Hall–Kier alpha value is -1.03. The van der Waals surface area contributed by atoms with Crippen molar-refractivity contribution in [1.29, 1.82) is 0 Å². The van der Waals surface area contributed by atoms with Gasteiger partial charge in [-0.05, 0) is 18.3 Å². The minimum atomic E-state index is -0.257. The Balaban J connectivity index is 2.25. The molecule has 1 aliphatic carbocycles. The number of aryl methyl sites for hydroxylation is 1. The number of nitrogens with zero attached hydrogens (tertiary/aromatic N) is 2. The average molecular weight is 256 g/mol. The van der Waals surface area contributed by atoms with Crippen LogP contribution < -0.4 is 10.9 Å². The average Bonchev–Trinajstić information content (AvgIpc) is 2.59. The minimum Gasteiger partial charge on any atom is -0.379 e. The summed E-state index contributed by atoms with van der Waals surface area (Å²) in [6, 6.07) is 0.355. The van der Waals surface area contributed by atoms with Crippen LogP contribution in [0.1, 0.15) is 33.1 Å². The van der Waals surface area contributed by atoms with Crippen molar-refractivity contribution >= 4 is 17.3 Å². The molecule has 1 aliphatic rings. The summed E-state index contributed by atoms with van der Waals surface area (Å²) in [5.41, 5.74) is 0.631. The van der Waals surface area contributed by atoms with Crippen molar-refractivity contribution in [2.24, 2.45) is 12.5 Å². The second-order valence-electron chi connectivity index (χ2n) is 5.38. The van der Waals surface area contributed by atoms with E-state index in [-0.39, 0.29) is 16.0 Å². The van der Waals surface area contributed by atoms with Crippen molar-refractivity contribution in [2.45, 2.75) is 39.2 Å². The molecule has 0 saturated heterocycles. The lowest BCUT2D eigenvalue weighted by atomic mass is 9.87. The molecule has 1 heterocycles. The van der Waals surface area contributed by atoms with E-state index in [2.05, 4.69) is 24.3 Å². The van der Waals surface area contributed by atoms with Gasteiger partial charge in [-0.1, -0.05) is 31.9 Å². The van der Waals surface area contributed by atoms with Crippen LogP contribution in [-0.2, 0) is 7.05 Å². The van der Waals surface area contributed by atoms with Crippen LogP contribution in [0, 0.1) is 5.41 Å². The first-order valence-electron chi connectivity index (χ1n) is 5.90. The van der Waals surface area contributed by atoms with E-state index in [1.165, 1.54) is 17.5 Å². The molecule has 1 aromatic heterocycles. The van der Waals surface area contributed by atoms with Crippen LogP contribution in [0.25, 0.3) is 0 Å². The summed E-state index contributed by atoms with van der Waals surface area (Å²) in [5, 5.41) is 7.57. The molecule has 0 bridgehead atoms. The lowest BCUT2D eigenvalue weighted by Crippen LogP contribution is -2.32. The van der Waals surface area contributed by atoms with Gasteiger partial charge >= 0.3 is 0 Å². The Morgan fingerprint density at radius 1 is 1.59 bits per heavy atom. The zero-order valence-electron chi connectivity index (χ0n) is 10.5. The van der Waals surface area contributed by atoms with Crippen molar-refractivity contribution in [2.75, 3.05) is 5.32 Å². The third kappa shape index (κ3) is 2.32. The number of anilines is 1. The normalized spacial score (nSPS) is 22.7. The van der Waals surface area contributed by atoms with Gasteiger partial charge in [-0.2, -0.15) is 5.10 Å². The molecule has 0 spiro atoms. The highest BCUT2D eigenvalue weighted by atomic mass is 35.5. The summed E-state index contributed by atoms with van der Waals surface area (Å²) in [5.74, 6) is 0. The fourth-order valence-corrected chi connectivity index (χ4v) is 2.62. The van der Waals surface area contributed by atoms with Crippen LogP contribution in [0.15, 0.2) is 11.0 Å². The number of hydrogen-bond acceptors (Lipinski definition) is 3. The molecule has 0 radical (unpaired) electrons. The van der Waals surface area contributed by atoms with Crippen LogP contribution in [-0.4, -0.2) is 15.8 Å². The maximum Gasteiger partial charge on any atom is 0.287 e. The van der Waals surface area contributed by atoms with Crippen LogP contribution in [0.2, 0.25) is 5.02 Å². The van der Waals surface area contributed by atoms with Crippen molar-refractivity contribution in [3.05, 3.63) is 21.6 Å². The molecule has 5 heteroatoms. The molecule has 0 amide bonds. The molecule has 0 aromatic carbocycles. The molecule has 1 atom stereocenters. The lowest BCUT2D eigenvalue weighted by Gasteiger charge is -2.28. The maximum atomic E-state index is 11.7. The van der Waals surface area contributed by atoms with Crippen molar-refractivity contribution in [3.63, 3.8) is 0 Å². The third-order valence-corrected chi connectivity index (χ3v) is 4.03. The predicted octanol–water partition coefficient (Wildman–Crippen LogP) is 2.42. The van der Waals surface area contributed by atoms with Gasteiger partial charge in [0.2, 0.25) is 0 Å².